The van der Waals surface area contributed by atoms with E-state index in [2.05, 4.69) is 0 Å². The van der Waals surface area contributed by atoms with Gasteiger partial charge in [0.25, 0.3) is 6.43 Å². The monoisotopic (exact) mass is 437 g/mol. The minimum absolute atomic E-state index is 0.0284. The summed E-state index contributed by atoms with van der Waals surface area (Å²) in [6, 6.07) is 19.3. The first-order valence-corrected chi connectivity index (χ1v) is 10.1. The highest BCUT2D eigenvalue weighted by atomic mass is 19.3. The van der Waals surface area contributed by atoms with E-state index in [1.807, 2.05) is 48.5 Å². The zero-order valence-electron chi connectivity index (χ0n) is 17.2. The lowest BCUT2D eigenvalue weighted by Crippen LogP contribution is -2.36. The molecule has 1 unspecified atom stereocenters. The fourth-order valence-corrected chi connectivity index (χ4v) is 4.20. The molecule has 0 bridgehead atoms. The predicted molar refractivity (Wildman–Crippen MR) is 115 cm³/mol. The van der Waals surface area contributed by atoms with Gasteiger partial charge < -0.3 is 9.84 Å². The maximum absolute atomic E-state index is 13.1. The number of likely N-dealkylation sites (N-methyl/N-ethyl adjacent to an activating group) is 1. The Hall–Kier alpha value is -3.74. The van der Waals surface area contributed by atoms with Crippen molar-refractivity contribution in [3.05, 3.63) is 95.1 Å². The van der Waals surface area contributed by atoms with Gasteiger partial charge in [-0.25, -0.2) is 18.4 Å². The average molecular weight is 437 g/mol. The van der Waals surface area contributed by atoms with Crippen LogP contribution in [0.3, 0.4) is 0 Å². The van der Waals surface area contributed by atoms with Crippen LogP contribution >= 0.6 is 0 Å². The first-order chi connectivity index (χ1) is 15.4. The molecule has 0 saturated heterocycles. The SMILES string of the molecule is CN(C(=O)OCC1c2ccccc2-c2ccccc21)C(C(=O)O)c1cccc(C(F)F)c1. The number of carboxylic acid groups (broad SMARTS) is 1. The molecule has 32 heavy (non-hydrogen) atoms. The first kappa shape index (κ1) is 21.5. The van der Waals surface area contributed by atoms with Crippen molar-refractivity contribution in [1.29, 1.82) is 0 Å². The van der Waals surface area contributed by atoms with Crippen LogP contribution in [0.25, 0.3) is 11.1 Å². The molecule has 1 aliphatic rings. The van der Waals surface area contributed by atoms with Gasteiger partial charge in [0.15, 0.2) is 6.04 Å². The van der Waals surface area contributed by atoms with E-state index >= 15 is 0 Å². The van der Waals surface area contributed by atoms with Crippen molar-refractivity contribution in [2.45, 2.75) is 18.4 Å². The number of nitrogens with zero attached hydrogens (tertiary/aromatic N) is 1. The molecule has 0 saturated carbocycles. The molecule has 0 radical (unpaired) electrons. The molecular weight excluding hydrogens is 416 g/mol. The highest BCUT2D eigenvalue weighted by Crippen LogP contribution is 2.44. The summed E-state index contributed by atoms with van der Waals surface area (Å²) in [5.74, 6) is -1.52. The van der Waals surface area contributed by atoms with Crippen LogP contribution in [0.2, 0.25) is 0 Å². The molecule has 1 atom stereocenters. The minimum atomic E-state index is -2.75. The summed E-state index contributed by atoms with van der Waals surface area (Å²) in [4.78, 5) is 25.5. The quantitative estimate of drug-likeness (QED) is 0.543. The van der Waals surface area contributed by atoms with E-state index in [-0.39, 0.29) is 23.7 Å². The zero-order chi connectivity index (χ0) is 22.8. The van der Waals surface area contributed by atoms with Crippen LogP contribution in [0.15, 0.2) is 72.8 Å². The normalized spacial score (nSPS) is 13.4. The Bertz CT molecular complexity index is 1120. The van der Waals surface area contributed by atoms with Crippen molar-refractivity contribution in [1.82, 2.24) is 4.90 Å². The van der Waals surface area contributed by atoms with Crippen molar-refractivity contribution in [2.75, 3.05) is 13.7 Å². The number of hydrogen-bond acceptors (Lipinski definition) is 3. The van der Waals surface area contributed by atoms with E-state index in [0.29, 0.717) is 0 Å². The van der Waals surface area contributed by atoms with E-state index in [0.717, 1.165) is 33.2 Å². The number of fused-ring (bicyclic) bond motifs is 3. The summed E-state index contributed by atoms with van der Waals surface area (Å²) >= 11 is 0. The van der Waals surface area contributed by atoms with Crippen molar-refractivity contribution < 1.29 is 28.2 Å². The Morgan fingerprint density at radius 1 is 0.938 bits per heavy atom. The van der Waals surface area contributed by atoms with Crippen molar-refractivity contribution in [3.63, 3.8) is 0 Å². The van der Waals surface area contributed by atoms with Crippen LogP contribution in [0.4, 0.5) is 13.6 Å². The number of carbonyl (C=O) groups excluding carboxylic acids is 1. The van der Waals surface area contributed by atoms with E-state index in [1.54, 1.807) is 0 Å². The zero-order valence-corrected chi connectivity index (χ0v) is 17.2. The molecule has 1 N–H and O–H groups in total. The third kappa shape index (κ3) is 3.93. The van der Waals surface area contributed by atoms with Gasteiger partial charge in [-0.05, 0) is 33.9 Å². The van der Waals surface area contributed by atoms with Gasteiger partial charge in [-0.1, -0.05) is 66.7 Å². The predicted octanol–water partition coefficient (Wildman–Crippen LogP) is 5.63. The summed E-state index contributed by atoms with van der Waals surface area (Å²) in [6.07, 6.45) is -3.59. The van der Waals surface area contributed by atoms with Crippen LogP contribution in [-0.4, -0.2) is 35.7 Å². The van der Waals surface area contributed by atoms with Crippen molar-refractivity contribution >= 4 is 12.1 Å². The lowest BCUT2D eigenvalue weighted by molar-refractivity contribution is -0.142. The molecule has 1 aliphatic carbocycles. The molecule has 0 aromatic heterocycles. The van der Waals surface area contributed by atoms with Crippen molar-refractivity contribution in [2.24, 2.45) is 0 Å². The van der Waals surface area contributed by atoms with Crippen LogP contribution in [-0.2, 0) is 9.53 Å². The lowest BCUT2D eigenvalue weighted by atomic mass is 9.98. The fourth-order valence-electron chi connectivity index (χ4n) is 4.20. The molecule has 3 aromatic carbocycles. The number of benzene rings is 3. The van der Waals surface area contributed by atoms with E-state index in [9.17, 15) is 23.5 Å². The highest BCUT2D eigenvalue weighted by molar-refractivity contribution is 5.82. The second-order valence-electron chi connectivity index (χ2n) is 7.63. The summed E-state index contributed by atoms with van der Waals surface area (Å²) in [7, 11) is 1.28. The maximum atomic E-state index is 13.1. The number of ether oxygens (including phenoxy) is 1. The second kappa shape index (κ2) is 8.78. The molecule has 4 rings (SSSR count). The summed E-state index contributed by atoms with van der Waals surface area (Å²) < 4.78 is 31.6. The molecular formula is C25H21F2NO4. The van der Waals surface area contributed by atoms with Crippen LogP contribution in [0, 0.1) is 0 Å². The molecule has 0 spiro atoms. The van der Waals surface area contributed by atoms with Gasteiger partial charge in [0.2, 0.25) is 0 Å². The molecule has 0 heterocycles. The Morgan fingerprint density at radius 3 is 2.06 bits per heavy atom. The molecule has 3 aromatic rings. The van der Waals surface area contributed by atoms with E-state index < -0.39 is 24.5 Å². The third-order valence-corrected chi connectivity index (χ3v) is 5.72. The third-order valence-electron chi connectivity index (χ3n) is 5.72. The minimum Gasteiger partial charge on any atom is -0.479 e. The number of aliphatic carboxylic acids is 1. The Morgan fingerprint density at radius 2 is 1.50 bits per heavy atom. The van der Waals surface area contributed by atoms with Gasteiger partial charge in [-0.2, -0.15) is 0 Å². The highest BCUT2D eigenvalue weighted by Gasteiger charge is 2.33. The van der Waals surface area contributed by atoms with Gasteiger partial charge in [0.1, 0.15) is 6.61 Å². The topological polar surface area (TPSA) is 66.8 Å². The van der Waals surface area contributed by atoms with Gasteiger partial charge in [0, 0.05) is 18.5 Å². The number of amides is 1. The number of carbonyl (C=O) groups is 2. The number of alkyl halides is 2. The van der Waals surface area contributed by atoms with Gasteiger partial charge in [-0.3, -0.25) is 4.90 Å². The molecule has 5 nitrogen and oxygen atoms in total. The van der Waals surface area contributed by atoms with Crippen molar-refractivity contribution in [3.8, 4) is 11.1 Å². The molecule has 1 amide bonds. The standard InChI is InChI=1S/C25H21F2NO4/c1-28(22(24(29)30)15-7-6-8-16(13-15)23(26)27)25(31)32-14-21-19-11-4-2-9-17(19)18-10-3-5-12-20(18)21/h2-13,21-23H,14H2,1H3,(H,29,30). The van der Waals surface area contributed by atoms with Gasteiger partial charge >= 0.3 is 12.1 Å². The maximum Gasteiger partial charge on any atom is 0.410 e. The molecule has 7 heteroatoms. The lowest BCUT2D eigenvalue weighted by Gasteiger charge is -2.26. The Labute approximate surface area is 183 Å². The Kier molecular flexibility index (Phi) is 5.90. The molecule has 0 aliphatic heterocycles. The summed E-state index contributed by atoms with van der Waals surface area (Å²) in [5.41, 5.74) is 3.97. The van der Waals surface area contributed by atoms with E-state index in [4.69, 9.17) is 4.74 Å². The molecule has 164 valence electrons. The number of halogens is 2. The number of carboxylic acids is 1. The van der Waals surface area contributed by atoms with Crippen LogP contribution in [0.5, 0.6) is 0 Å². The first-order valence-electron chi connectivity index (χ1n) is 10.1. The average Bonchev–Trinajstić information content (AvgIpc) is 3.11. The number of rotatable bonds is 6. The smallest absolute Gasteiger partial charge is 0.410 e. The second-order valence-corrected chi connectivity index (χ2v) is 7.63. The largest absolute Gasteiger partial charge is 0.479 e. The van der Waals surface area contributed by atoms with Gasteiger partial charge in [0.05, 0.1) is 0 Å². The number of hydrogen-bond donors (Lipinski definition) is 1. The Balaban J connectivity index is 1.54. The van der Waals surface area contributed by atoms with E-state index in [1.165, 1.54) is 25.2 Å². The summed E-state index contributed by atoms with van der Waals surface area (Å²) in [5, 5.41) is 9.68. The van der Waals surface area contributed by atoms with Crippen LogP contribution in [0.1, 0.15) is 40.6 Å². The van der Waals surface area contributed by atoms with Crippen LogP contribution < -0.4 is 0 Å². The molecule has 0 fully saturated rings. The summed E-state index contributed by atoms with van der Waals surface area (Å²) in [6.45, 7) is 0.0284. The van der Waals surface area contributed by atoms with Gasteiger partial charge in [-0.15, -0.1) is 0 Å². The fraction of sp³-hybridized carbons (Fsp3) is 0.200.